The summed E-state index contributed by atoms with van der Waals surface area (Å²) in [7, 11) is 0. The van der Waals surface area contributed by atoms with Crippen LogP contribution in [0.15, 0.2) is 30.3 Å². The molecule has 8 heteroatoms. The van der Waals surface area contributed by atoms with Crippen LogP contribution in [0.1, 0.15) is 30.4 Å². The van der Waals surface area contributed by atoms with Crippen LogP contribution >= 0.6 is 0 Å². The molecule has 3 heterocycles. The Labute approximate surface area is 176 Å². The molecular weight excluding hydrogens is 384 g/mol. The Morgan fingerprint density at radius 1 is 0.933 bits per heavy atom. The highest BCUT2D eigenvalue weighted by Crippen LogP contribution is 2.27. The highest BCUT2D eigenvalue weighted by molar-refractivity contribution is 5.68. The summed E-state index contributed by atoms with van der Waals surface area (Å²) in [6.07, 6.45) is 3.27. The number of amides is 1. The maximum absolute atomic E-state index is 12.3. The zero-order valence-corrected chi connectivity index (χ0v) is 17.5. The number of hydrogen-bond acceptors (Lipinski definition) is 6. The van der Waals surface area contributed by atoms with Crippen LogP contribution in [-0.2, 0) is 6.54 Å². The number of aromatic hydroxyl groups is 2. The van der Waals surface area contributed by atoms with Gasteiger partial charge in [-0.3, -0.25) is 4.90 Å². The summed E-state index contributed by atoms with van der Waals surface area (Å²) in [5.74, 6) is -0.632. The zero-order chi connectivity index (χ0) is 21.1. The minimum atomic E-state index is -0.584. The summed E-state index contributed by atoms with van der Waals surface area (Å²) in [5.41, 5.74) is 4.02. The third-order valence-electron chi connectivity index (χ3n) is 6.11. The maximum atomic E-state index is 12.3. The van der Waals surface area contributed by atoms with E-state index in [2.05, 4.69) is 34.9 Å². The molecule has 0 atom stereocenters. The van der Waals surface area contributed by atoms with Gasteiger partial charge in [0.2, 0.25) is 11.8 Å². The number of hydrogen-bond donors (Lipinski definition) is 2. The summed E-state index contributed by atoms with van der Waals surface area (Å²) in [5, 5.41) is 19.2. The van der Waals surface area contributed by atoms with E-state index in [9.17, 15) is 15.0 Å². The fourth-order valence-corrected chi connectivity index (χ4v) is 4.28. The Balaban J connectivity index is 1.33. The monoisotopic (exact) mass is 414 g/mol. The van der Waals surface area contributed by atoms with E-state index in [1.165, 1.54) is 48.2 Å². The quantitative estimate of drug-likeness (QED) is 0.800. The first-order chi connectivity index (χ1) is 14.5. The minimum Gasteiger partial charge on any atom is -0.492 e. The molecule has 0 unspecified atom stereocenters. The zero-order valence-electron chi connectivity index (χ0n) is 17.5. The Kier molecular flexibility index (Phi) is 6.03. The second kappa shape index (κ2) is 8.87. The number of carbonyl (C=O) groups is 1. The average Bonchev–Trinajstić information content (AvgIpc) is 3.08. The van der Waals surface area contributed by atoms with Crippen LogP contribution in [-0.4, -0.2) is 70.1 Å². The predicted molar refractivity (Wildman–Crippen MR) is 114 cm³/mol. The van der Waals surface area contributed by atoms with Crippen LogP contribution in [0.5, 0.6) is 11.8 Å². The fraction of sp³-hybridized carbons (Fsp3) is 0.500. The van der Waals surface area contributed by atoms with Crippen molar-refractivity contribution in [3.8, 4) is 11.8 Å². The first-order valence-electron chi connectivity index (χ1n) is 10.7. The van der Waals surface area contributed by atoms with Crippen LogP contribution < -0.4 is 9.74 Å². The van der Waals surface area contributed by atoms with Gasteiger partial charge in [0, 0.05) is 63.6 Å². The summed E-state index contributed by atoms with van der Waals surface area (Å²) < 4.78 is 0.726. The number of anilines is 1. The number of nitrogens with zero attached hydrogens (tertiary/aromatic N) is 4. The van der Waals surface area contributed by atoms with Crippen molar-refractivity contribution in [3.05, 3.63) is 41.5 Å². The molecule has 30 heavy (non-hydrogen) atoms. The molecule has 0 aliphatic carbocycles. The molecule has 2 aromatic rings. The number of rotatable bonds is 4. The van der Waals surface area contributed by atoms with E-state index in [0.29, 0.717) is 13.1 Å². The molecule has 4 rings (SSSR count). The summed E-state index contributed by atoms with van der Waals surface area (Å²) in [6.45, 7) is 7.89. The van der Waals surface area contributed by atoms with Crippen molar-refractivity contribution in [2.75, 3.05) is 44.2 Å². The second-order valence-electron chi connectivity index (χ2n) is 8.07. The van der Waals surface area contributed by atoms with Crippen LogP contribution in [0.2, 0.25) is 0 Å². The van der Waals surface area contributed by atoms with Crippen LogP contribution in [0.3, 0.4) is 0 Å². The normalized spacial score (nSPS) is 17.9. The van der Waals surface area contributed by atoms with Gasteiger partial charge in [-0.25, -0.2) is 4.79 Å². The van der Waals surface area contributed by atoms with Gasteiger partial charge in [0.25, 0.3) is 0 Å². The van der Waals surface area contributed by atoms with E-state index in [1.807, 2.05) is 0 Å². The first kappa shape index (κ1) is 20.4. The molecule has 1 amide bonds. The highest BCUT2D eigenvalue weighted by Gasteiger charge is 2.25. The van der Waals surface area contributed by atoms with Crippen molar-refractivity contribution in [2.45, 2.75) is 32.7 Å². The minimum absolute atomic E-state index is 0.316. The lowest BCUT2D eigenvalue weighted by atomic mass is 10.0. The van der Waals surface area contributed by atoms with Crippen molar-refractivity contribution in [3.63, 3.8) is 0 Å². The molecule has 2 aliphatic rings. The molecule has 2 saturated heterocycles. The van der Waals surface area contributed by atoms with Gasteiger partial charge in [0.05, 0.1) is 0 Å². The Morgan fingerprint density at radius 2 is 1.60 bits per heavy atom. The van der Waals surface area contributed by atoms with Crippen molar-refractivity contribution in [2.24, 2.45) is 0 Å². The van der Waals surface area contributed by atoms with Crippen LogP contribution in [0.4, 0.5) is 10.5 Å². The van der Waals surface area contributed by atoms with Gasteiger partial charge in [-0.05, 0) is 43.4 Å². The molecule has 2 N–H and O–H groups in total. The topological polar surface area (TPSA) is 81.4 Å². The third-order valence-corrected chi connectivity index (χ3v) is 6.11. The van der Waals surface area contributed by atoms with E-state index >= 15 is 0 Å². The molecule has 1 aromatic heterocycles. The molecule has 0 bridgehead atoms. The molecule has 8 nitrogen and oxygen atoms in total. The molecule has 0 spiro atoms. The molecule has 0 radical (unpaired) electrons. The summed E-state index contributed by atoms with van der Waals surface area (Å²) in [6, 6.07) is 9.10. The third kappa shape index (κ3) is 4.33. The lowest BCUT2D eigenvalue weighted by Crippen LogP contribution is -2.50. The van der Waals surface area contributed by atoms with Crippen molar-refractivity contribution in [1.82, 2.24) is 14.5 Å². The number of piperazine rings is 1. The van der Waals surface area contributed by atoms with Gasteiger partial charge >= 0.3 is 6.09 Å². The number of piperidine rings is 1. The maximum Gasteiger partial charge on any atom is 0.434 e. The smallest absolute Gasteiger partial charge is 0.434 e. The van der Waals surface area contributed by atoms with Gasteiger partial charge in [0.15, 0.2) is 0 Å². The second-order valence-corrected chi connectivity index (χ2v) is 8.07. The standard InChI is InChI=1S/C22H30N4O4/c1-17-18(6-5-7-19(17)24-10-3-2-4-11-24)16-23-12-14-25(15-13-23)22(29)30-26-20(27)8-9-21(26)28/h5-9,27-28H,2-4,10-16H2,1H3. The molecule has 1 aromatic carbocycles. The van der Waals surface area contributed by atoms with E-state index in [-0.39, 0.29) is 11.8 Å². The Morgan fingerprint density at radius 3 is 2.27 bits per heavy atom. The highest BCUT2D eigenvalue weighted by atomic mass is 16.7. The Hall–Kier alpha value is -2.87. The van der Waals surface area contributed by atoms with Crippen LogP contribution in [0, 0.1) is 6.92 Å². The van der Waals surface area contributed by atoms with E-state index < -0.39 is 6.09 Å². The molecule has 162 valence electrons. The van der Waals surface area contributed by atoms with Gasteiger partial charge in [0.1, 0.15) is 0 Å². The summed E-state index contributed by atoms with van der Waals surface area (Å²) >= 11 is 0. The van der Waals surface area contributed by atoms with Crippen LogP contribution in [0.25, 0.3) is 0 Å². The van der Waals surface area contributed by atoms with Crippen molar-refractivity contribution in [1.29, 1.82) is 0 Å². The lowest BCUT2D eigenvalue weighted by Gasteiger charge is -2.35. The van der Waals surface area contributed by atoms with E-state index in [1.54, 1.807) is 4.90 Å². The number of carbonyl (C=O) groups excluding carboxylic acids is 1. The average molecular weight is 415 g/mol. The SMILES string of the molecule is Cc1c(CN2CCN(C(=O)On3c(O)ccc3O)CC2)cccc1N1CCCCC1. The van der Waals surface area contributed by atoms with Gasteiger partial charge < -0.3 is 24.9 Å². The predicted octanol–water partition coefficient (Wildman–Crippen LogP) is 2.56. The van der Waals surface area contributed by atoms with E-state index in [4.69, 9.17) is 4.84 Å². The van der Waals surface area contributed by atoms with Crippen molar-refractivity contribution < 1.29 is 19.8 Å². The van der Waals surface area contributed by atoms with Gasteiger partial charge in [-0.2, -0.15) is 0 Å². The molecule has 2 fully saturated rings. The summed E-state index contributed by atoms with van der Waals surface area (Å²) in [4.78, 5) is 23.9. The number of aromatic nitrogens is 1. The van der Waals surface area contributed by atoms with Gasteiger partial charge in [-0.1, -0.05) is 12.1 Å². The van der Waals surface area contributed by atoms with Crippen molar-refractivity contribution >= 4 is 11.8 Å². The van der Waals surface area contributed by atoms with Gasteiger partial charge in [-0.15, -0.1) is 4.73 Å². The molecular formula is C22H30N4O4. The molecule has 2 aliphatic heterocycles. The number of benzene rings is 1. The fourth-order valence-electron chi connectivity index (χ4n) is 4.28. The largest absolute Gasteiger partial charge is 0.492 e. The molecule has 0 saturated carbocycles. The van der Waals surface area contributed by atoms with E-state index in [0.717, 1.165) is 37.5 Å². The Bertz CT molecular complexity index is 864. The lowest BCUT2D eigenvalue weighted by molar-refractivity contribution is 0.0555. The first-order valence-corrected chi connectivity index (χ1v) is 10.7.